The number of hydrogen-bond donors (Lipinski definition) is 0. The van der Waals surface area contributed by atoms with Crippen LogP contribution in [-0.4, -0.2) is 50.7 Å². The van der Waals surface area contributed by atoms with Crippen molar-refractivity contribution in [2.24, 2.45) is 0 Å². The van der Waals surface area contributed by atoms with E-state index in [1.165, 1.54) is 0 Å². The summed E-state index contributed by atoms with van der Waals surface area (Å²) in [7, 11) is -0.793. The van der Waals surface area contributed by atoms with Gasteiger partial charge in [-0.25, -0.2) is 0 Å². The van der Waals surface area contributed by atoms with Crippen LogP contribution in [0.1, 0.15) is 89.6 Å². The predicted octanol–water partition coefficient (Wildman–Crippen LogP) is 5.69. The van der Waals surface area contributed by atoms with Crippen molar-refractivity contribution in [3.05, 3.63) is 59.1 Å². The Morgan fingerprint density at radius 1 is 1.05 bits per heavy atom. The van der Waals surface area contributed by atoms with Gasteiger partial charge in [-0.2, -0.15) is 0 Å². The Balaban J connectivity index is 1.39. The number of fused-ring (bicyclic) bond motifs is 4. The summed E-state index contributed by atoms with van der Waals surface area (Å²) in [6.45, 7) is 19.0. The molecule has 38 heavy (non-hydrogen) atoms. The van der Waals surface area contributed by atoms with Crippen molar-refractivity contribution in [1.29, 1.82) is 0 Å². The predicted molar refractivity (Wildman–Crippen MR) is 149 cm³/mol. The molecule has 0 saturated carbocycles. The average molecular weight is 538 g/mol. The van der Waals surface area contributed by atoms with E-state index >= 15 is 0 Å². The van der Waals surface area contributed by atoms with Gasteiger partial charge in [-0.3, -0.25) is 9.78 Å². The highest BCUT2D eigenvalue weighted by atomic mass is 28.2. The molecular formula is C30H39NO6Si. The summed E-state index contributed by atoms with van der Waals surface area (Å²) in [5, 5.41) is 0.965. The van der Waals surface area contributed by atoms with Crippen molar-refractivity contribution >= 4 is 26.5 Å². The average Bonchev–Trinajstić information content (AvgIpc) is 3.38. The maximum Gasteiger partial charge on any atom is 0.197 e. The number of ketones is 1. The van der Waals surface area contributed by atoms with Crippen LogP contribution in [0, 0.1) is 0 Å². The van der Waals surface area contributed by atoms with Gasteiger partial charge in [-0.15, -0.1) is 0 Å². The van der Waals surface area contributed by atoms with Crippen molar-refractivity contribution in [1.82, 2.24) is 4.98 Å². The Labute approximate surface area is 227 Å². The normalized spacial score (nSPS) is 22.7. The first kappa shape index (κ1) is 27.1. The molecule has 0 bridgehead atoms. The SMILES string of the molecule is CC1(C)O[C@@H](C(C)(C)O[SiH2]C(C)(C)C)[C@@H](COc2ccc3c(c2)C(C)(C)c2oc4cnccc4c2C3=O)O1. The van der Waals surface area contributed by atoms with Crippen molar-refractivity contribution < 1.29 is 27.8 Å². The molecule has 1 saturated heterocycles. The molecule has 5 rings (SSSR count). The van der Waals surface area contributed by atoms with Crippen LogP contribution in [0.25, 0.3) is 11.0 Å². The molecule has 3 aromatic rings. The Morgan fingerprint density at radius 3 is 2.50 bits per heavy atom. The fourth-order valence-corrected chi connectivity index (χ4v) is 6.38. The largest absolute Gasteiger partial charge is 0.491 e. The third-order valence-corrected chi connectivity index (χ3v) is 9.11. The van der Waals surface area contributed by atoms with Gasteiger partial charge in [0.1, 0.15) is 30.3 Å². The van der Waals surface area contributed by atoms with Crippen LogP contribution in [0.5, 0.6) is 5.75 Å². The zero-order valence-electron chi connectivity index (χ0n) is 23.9. The monoisotopic (exact) mass is 537 g/mol. The minimum absolute atomic E-state index is 0.0397. The molecule has 2 aliphatic rings. The molecule has 1 aliphatic heterocycles. The summed E-state index contributed by atoms with van der Waals surface area (Å²) in [6, 6.07) is 7.50. The summed E-state index contributed by atoms with van der Waals surface area (Å²) < 4.78 is 31.5. The van der Waals surface area contributed by atoms with E-state index < -0.39 is 26.6 Å². The van der Waals surface area contributed by atoms with Crippen molar-refractivity contribution in [3.63, 3.8) is 0 Å². The van der Waals surface area contributed by atoms with E-state index in [1.54, 1.807) is 12.4 Å². The Morgan fingerprint density at radius 2 is 1.79 bits per heavy atom. The first-order valence-corrected chi connectivity index (χ1v) is 14.6. The number of ether oxygens (including phenoxy) is 3. The van der Waals surface area contributed by atoms with Gasteiger partial charge in [-0.1, -0.05) is 20.8 Å². The molecule has 8 heteroatoms. The molecule has 1 fully saturated rings. The third-order valence-electron chi connectivity index (χ3n) is 7.36. The molecule has 0 N–H and O–H groups in total. The summed E-state index contributed by atoms with van der Waals surface area (Å²) in [5.74, 6) is 0.550. The van der Waals surface area contributed by atoms with E-state index in [0.717, 1.165) is 10.9 Å². The lowest BCUT2D eigenvalue weighted by Gasteiger charge is -2.36. The fraction of sp³-hybridized carbons (Fsp3) is 0.533. The number of carbonyl (C=O) groups is 1. The van der Waals surface area contributed by atoms with Crippen LogP contribution >= 0.6 is 0 Å². The summed E-state index contributed by atoms with van der Waals surface area (Å²) >= 11 is 0. The number of pyridine rings is 1. The van der Waals surface area contributed by atoms with Crippen molar-refractivity contribution in [2.75, 3.05) is 6.61 Å². The number of benzene rings is 1. The number of hydrogen-bond acceptors (Lipinski definition) is 7. The van der Waals surface area contributed by atoms with Crippen LogP contribution in [0.2, 0.25) is 5.04 Å². The second-order valence-corrected chi connectivity index (χ2v) is 15.9. The van der Waals surface area contributed by atoms with Gasteiger partial charge in [0.2, 0.25) is 0 Å². The first-order chi connectivity index (χ1) is 17.6. The zero-order chi connectivity index (χ0) is 27.7. The number of rotatable bonds is 6. The highest BCUT2D eigenvalue weighted by Gasteiger charge is 2.50. The van der Waals surface area contributed by atoms with Crippen LogP contribution < -0.4 is 4.74 Å². The summed E-state index contributed by atoms with van der Waals surface area (Å²) in [4.78, 5) is 17.7. The van der Waals surface area contributed by atoms with Gasteiger partial charge < -0.3 is 23.1 Å². The van der Waals surface area contributed by atoms with Crippen molar-refractivity contribution in [2.45, 2.75) is 96.4 Å². The molecule has 0 amide bonds. The Hall–Kier alpha value is -2.52. The maximum atomic E-state index is 13.5. The summed E-state index contributed by atoms with van der Waals surface area (Å²) in [6.07, 6.45) is 2.75. The van der Waals surface area contributed by atoms with Gasteiger partial charge in [0.15, 0.2) is 26.9 Å². The first-order valence-electron chi connectivity index (χ1n) is 13.3. The number of furan rings is 1. The molecule has 3 heterocycles. The summed E-state index contributed by atoms with van der Waals surface area (Å²) in [5.41, 5.74) is 1.74. The molecule has 204 valence electrons. The van der Waals surface area contributed by atoms with Gasteiger partial charge in [0.25, 0.3) is 0 Å². The second kappa shape index (κ2) is 9.01. The van der Waals surface area contributed by atoms with E-state index in [0.29, 0.717) is 34.8 Å². The van der Waals surface area contributed by atoms with Gasteiger partial charge in [0.05, 0.1) is 17.4 Å². The minimum Gasteiger partial charge on any atom is -0.491 e. The number of nitrogens with zero attached hydrogens (tertiary/aromatic N) is 1. The van der Waals surface area contributed by atoms with Crippen LogP contribution in [0.4, 0.5) is 0 Å². The molecule has 0 spiro atoms. The van der Waals surface area contributed by atoms with Crippen LogP contribution in [-0.2, 0) is 19.3 Å². The molecule has 2 atom stereocenters. The molecule has 0 unspecified atom stereocenters. The van der Waals surface area contributed by atoms with Gasteiger partial charge in [-0.05, 0) is 76.4 Å². The van der Waals surface area contributed by atoms with E-state index in [9.17, 15) is 4.79 Å². The van der Waals surface area contributed by atoms with E-state index in [1.807, 2.05) is 38.1 Å². The molecule has 1 aromatic carbocycles. The second-order valence-electron chi connectivity index (χ2n) is 13.2. The molecule has 1 aliphatic carbocycles. The quantitative estimate of drug-likeness (QED) is 0.374. The fourth-order valence-electron chi connectivity index (χ4n) is 5.41. The lowest BCUT2D eigenvalue weighted by molar-refractivity contribution is -0.162. The highest BCUT2D eigenvalue weighted by molar-refractivity contribution is 6.31. The third kappa shape index (κ3) is 4.83. The lowest BCUT2D eigenvalue weighted by Crippen LogP contribution is -2.48. The van der Waals surface area contributed by atoms with E-state index in [-0.39, 0.29) is 23.0 Å². The zero-order valence-corrected chi connectivity index (χ0v) is 25.3. The van der Waals surface area contributed by atoms with Crippen molar-refractivity contribution in [3.8, 4) is 5.75 Å². The Kier molecular flexibility index (Phi) is 6.42. The Bertz CT molecular complexity index is 1380. The maximum absolute atomic E-state index is 13.5. The van der Waals surface area contributed by atoms with Crippen LogP contribution in [0.3, 0.4) is 0 Å². The standard InChI is InChI=1S/C30H39NO6Si/c1-27(2,3)38-37-29(6,7)25-22(35-30(8,9)36-25)16-33-17-10-11-18-20(14-17)28(4,5)26-23(24(18)32)19-12-13-31-15-21(19)34-26/h10-15,22,25H,16,38H2,1-9H3/t22-,25-/m1/s1. The molecular weight excluding hydrogens is 498 g/mol. The van der Waals surface area contributed by atoms with Gasteiger partial charge >= 0.3 is 0 Å². The molecule has 7 nitrogen and oxygen atoms in total. The molecule has 0 radical (unpaired) electrons. The smallest absolute Gasteiger partial charge is 0.197 e. The lowest BCUT2D eigenvalue weighted by atomic mass is 9.72. The van der Waals surface area contributed by atoms with Crippen LogP contribution in [0.15, 0.2) is 41.1 Å². The van der Waals surface area contributed by atoms with E-state index in [4.69, 9.17) is 23.1 Å². The minimum atomic E-state index is -0.793. The topological polar surface area (TPSA) is 80.0 Å². The number of aromatic nitrogens is 1. The van der Waals surface area contributed by atoms with E-state index in [2.05, 4.69) is 53.5 Å². The van der Waals surface area contributed by atoms with Gasteiger partial charge in [0, 0.05) is 22.6 Å². The molecule has 2 aromatic heterocycles. The highest BCUT2D eigenvalue weighted by Crippen LogP contribution is 2.46. The number of carbonyl (C=O) groups excluding carboxylic acids is 1.